The average Bonchev–Trinajstić information content (AvgIpc) is 1.61. The van der Waals surface area contributed by atoms with Gasteiger partial charge in [-0.3, -0.25) is 64.0 Å². The molecule has 4 aliphatic heterocycles. The number of fused-ring (bicyclic) bond motifs is 8. The molecule has 12 heterocycles. The average molecular weight is 1820 g/mol. The standard InChI is InChI=1S/2C25H29F3N4O.C24H28F3N5O.C24H27F3N4O/c26-25(27,28)20-11-18-16-32(10-6-22(18)31-15-20)23(33)24-7-1-4-19(24)12-21(13-24)30-9-5-17-3-2-8-29-14-17;26-25(27,28)19-12-17-16-32(11-7-22(17)31-15-19)23(33)24-8-3-4-18(24)13-21(14-24)30-10-6-20-5-1-2-9-29-20;1-15-10-29-20(12-28-15)13-30-19-8-17-3-2-5-23(17,9-19)22(33)32-6-4-21-16(14-32)7-18(11-31-21)24(25,26)27;25-24(26,27)18-10-16-15-31(9-6-21(16)30-13-18)22(32)23-7-3-4-17(23)11-20(12-23)29-14-19-5-1-2-8-28-19/h2-3,8,11,14-15,19,21,30H,1,4-7,9-10,12-13,16H2;1-2,5,9,12,15,18,21,30H,3-4,6-8,10-11,13-14,16H2;7,10-12,17,19,30H,2-6,8-9,13-14H2,1H3;1-2,5,8,10,13,17,20,29H,3-4,6-7,9,11-12,14-15H2. The summed E-state index contributed by atoms with van der Waals surface area (Å²) in [4.78, 5) is 100.0. The lowest BCUT2D eigenvalue weighted by atomic mass is 9.78. The number of nitrogens with zero attached hydrogens (tertiary/aromatic N) is 13. The predicted molar refractivity (Wildman–Crippen MR) is 461 cm³/mol. The number of nitrogens with one attached hydrogen (secondary N) is 4. The SMILES string of the molecule is Cc1cnc(CNC2CC3CCCC3(C(=O)N3CCc4ncc(C(F)(F)F)cc4C3)C2)cn1.O=C(N1CCc2ncc(C(F)(F)F)cc2C1)C12CCCC1CC(NCCc1ccccn1)C2.O=C(N1CCc2ncc(C(F)(F)F)cc2C1)C12CCCC1CC(NCCc1cccnc1)C2.O=C(N1CCc2ncc(C(F)(F)F)cc2C1)C12CCCC1CC(NCc1ccccn1)C2. The lowest BCUT2D eigenvalue weighted by Gasteiger charge is -2.37. The number of pyridine rings is 7. The molecule has 8 saturated carbocycles. The van der Waals surface area contributed by atoms with Crippen molar-refractivity contribution in [1.82, 2.24) is 85.7 Å². The van der Waals surface area contributed by atoms with Crippen molar-refractivity contribution in [2.45, 2.75) is 262 Å². The van der Waals surface area contributed by atoms with Crippen molar-refractivity contribution in [3.8, 4) is 0 Å². The molecule has 0 aromatic carbocycles. The molecule has 20 rings (SSSR count). The number of hydrogen-bond donors (Lipinski definition) is 4. The molecule has 0 bridgehead atoms. The summed E-state index contributed by atoms with van der Waals surface area (Å²) >= 11 is 0. The Morgan fingerprint density at radius 1 is 0.366 bits per heavy atom. The second kappa shape index (κ2) is 38.5. The van der Waals surface area contributed by atoms with E-state index in [4.69, 9.17) is 0 Å². The first kappa shape index (κ1) is 92.8. The first-order valence-corrected chi connectivity index (χ1v) is 46.6. The molecule has 0 radical (unpaired) electrons. The van der Waals surface area contributed by atoms with E-state index in [1.165, 1.54) is 17.7 Å². The normalized spacial score (nSPS) is 26.9. The van der Waals surface area contributed by atoms with Gasteiger partial charge in [0.1, 0.15) is 0 Å². The Labute approximate surface area is 754 Å². The number of rotatable bonds is 18. The number of alkyl halides is 12. The Hall–Kier alpha value is -9.99. The molecular weight excluding hydrogens is 1710 g/mol. The molecule has 0 spiro atoms. The van der Waals surface area contributed by atoms with Crippen LogP contribution in [-0.2, 0) is 122 Å². The van der Waals surface area contributed by atoms with E-state index in [1.807, 2.05) is 55.6 Å². The van der Waals surface area contributed by atoms with Crippen LogP contribution in [0.4, 0.5) is 52.7 Å². The zero-order chi connectivity index (χ0) is 91.7. The number of hydrogen-bond acceptors (Lipinski definition) is 17. The van der Waals surface area contributed by atoms with E-state index >= 15 is 0 Å². The third-order valence-corrected chi connectivity index (χ3v) is 30.7. The van der Waals surface area contributed by atoms with Gasteiger partial charge in [-0.15, -0.1) is 0 Å². The van der Waals surface area contributed by atoms with Gasteiger partial charge in [0.15, 0.2) is 0 Å². The van der Waals surface area contributed by atoms with Gasteiger partial charge in [0.25, 0.3) is 0 Å². The zero-order valence-electron chi connectivity index (χ0n) is 73.7. The molecule has 698 valence electrons. The van der Waals surface area contributed by atoms with Crippen LogP contribution in [0.2, 0.25) is 0 Å². The number of amides is 4. The van der Waals surface area contributed by atoms with Crippen LogP contribution in [0.3, 0.4) is 0 Å². The number of aryl methyl sites for hydroxylation is 1. The van der Waals surface area contributed by atoms with Crippen molar-refractivity contribution < 1.29 is 71.9 Å². The highest BCUT2D eigenvalue weighted by Crippen LogP contribution is 2.60. The summed E-state index contributed by atoms with van der Waals surface area (Å²) in [6.07, 6.45) is 19.2. The third kappa shape index (κ3) is 20.4. The Morgan fingerprint density at radius 2 is 0.710 bits per heavy atom. The predicted octanol–water partition coefficient (Wildman–Crippen LogP) is 16.3. The van der Waals surface area contributed by atoms with Crippen LogP contribution in [0.5, 0.6) is 0 Å². The van der Waals surface area contributed by atoms with Crippen LogP contribution in [0, 0.1) is 52.3 Å². The van der Waals surface area contributed by atoms with E-state index < -0.39 is 57.8 Å². The van der Waals surface area contributed by atoms with Gasteiger partial charge in [0.05, 0.1) is 61.0 Å². The Morgan fingerprint density at radius 3 is 1.03 bits per heavy atom. The Balaban J connectivity index is 0.000000122. The van der Waals surface area contributed by atoms with Gasteiger partial charge < -0.3 is 40.9 Å². The smallest absolute Gasteiger partial charge is 0.337 e. The van der Waals surface area contributed by atoms with Gasteiger partial charge in [-0.25, -0.2) is 0 Å². The summed E-state index contributed by atoms with van der Waals surface area (Å²) in [6.45, 7) is 7.78. The van der Waals surface area contributed by atoms with E-state index in [-0.39, 0.29) is 72.7 Å². The first-order chi connectivity index (χ1) is 62.8. The maximum atomic E-state index is 13.8. The molecule has 0 saturated heterocycles. The molecule has 12 atom stereocenters. The molecule has 8 aromatic heterocycles. The quantitative estimate of drug-likeness (QED) is 0.0583. The number of carbonyl (C=O) groups is 4. The Bertz CT molecular complexity index is 5210. The van der Waals surface area contributed by atoms with E-state index in [0.717, 1.165) is 214 Å². The molecule has 33 heteroatoms. The molecular formula is C98H113F12N17O4. The van der Waals surface area contributed by atoms with Crippen LogP contribution in [0.15, 0.2) is 135 Å². The summed E-state index contributed by atoms with van der Waals surface area (Å²) < 4.78 is 158. The van der Waals surface area contributed by atoms with Crippen LogP contribution in [0.25, 0.3) is 0 Å². The minimum atomic E-state index is -4.43. The molecule has 12 unspecified atom stereocenters. The molecule has 21 nitrogen and oxygen atoms in total. The van der Waals surface area contributed by atoms with E-state index in [0.29, 0.717) is 146 Å². The van der Waals surface area contributed by atoms with Crippen LogP contribution < -0.4 is 21.3 Å². The number of aromatic nitrogens is 9. The highest BCUT2D eigenvalue weighted by atomic mass is 19.4. The van der Waals surface area contributed by atoms with Crippen LogP contribution in [0.1, 0.15) is 224 Å². The molecule has 131 heavy (non-hydrogen) atoms. The topological polar surface area (TPSA) is 245 Å². The van der Waals surface area contributed by atoms with Gasteiger partial charge in [-0.1, -0.05) is 43.9 Å². The van der Waals surface area contributed by atoms with Crippen molar-refractivity contribution in [3.63, 3.8) is 0 Å². The fourth-order valence-electron chi connectivity index (χ4n) is 24.3. The molecule has 8 fully saturated rings. The lowest BCUT2D eigenvalue weighted by Crippen LogP contribution is -2.47. The summed E-state index contributed by atoms with van der Waals surface area (Å²) in [5.74, 6) is 1.81. The second-order valence-electron chi connectivity index (χ2n) is 38.6. The zero-order valence-corrected chi connectivity index (χ0v) is 73.7. The summed E-state index contributed by atoms with van der Waals surface area (Å²) in [5, 5.41) is 14.4. The monoisotopic (exact) mass is 1820 g/mol. The van der Waals surface area contributed by atoms with E-state index in [9.17, 15) is 71.9 Å². The third-order valence-electron chi connectivity index (χ3n) is 30.7. The molecule has 4 N–H and O–H groups in total. The van der Waals surface area contributed by atoms with Gasteiger partial charge in [-0.05, 0) is 229 Å². The molecule has 12 aliphatic rings. The minimum Gasteiger partial charge on any atom is -0.337 e. The van der Waals surface area contributed by atoms with Crippen molar-refractivity contribution >= 4 is 23.6 Å². The van der Waals surface area contributed by atoms with Gasteiger partial charge >= 0.3 is 24.7 Å². The fourth-order valence-corrected chi connectivity index (χ4v) is 24.3. The van der Waals surface area contributed by atoms with Gasteiger partial charge in [-0.2, -0.15) is 52.7 Å². The van der Waals surface area contributed by atoms with E-state index in [2.05, 4.69) is 72.2 Å². The largest absolute Gasteiger partial charge is 0.417 e. The number of carbonyl (C=O) groups excluding carboxylic acids is 4. The van der Waals surface area contributed by atoms with Crippen LogP contribution in [-0.4, -0.2) is 152 Å². The highest BCUT2D eigenvalue weighted by Gasteiger charge is 2.61. The lowest BCUT2D eigenvalue weighted by molar-refractivity contribution is -0.145. The number of halogens is 12. The van der Waals surface area contributed by atoms with Crippen molar-refractivity contribution in [3.05, 3.63) is 230 Å². The fraction of sp³-hybridized carbons (Fsp3) is 0.561. The van der Waals surface area contributed by atoms with Crippen molar-refractivity contribution in [2.75, 3.05) is 39.3 Å². The maximum absolute atomic E-state index is 13.8. The molecule has 8 aliphatic carbocycles. The van der Waals surface area contributed by atoms with Gasteiger partial charge in [0.2, 0.25) is 23.6 Å². The first-order valence-electron chi connectivity index (χ1n) is 46.6. The van der Waals surface area contributed by atoms with E-state index in [1.54, 1.807) is 50.6 Å². The maximum Gasteiger partial charge on any atom is 0.417 e. The Kier molecular flexibility index (Phi) is 27.3. The molecule has 4 amide bonds. The van der Waals surface area contributed by atoms with Crippen molar-refractivity contribution in [2.24, 2.45) is 45.3 Å². The molecule has 8 aromatic rings. The highest BCUT2D eigenvalue weighted by molar-refractivity contribution is 5.86. The van der Waals surface area contributed by atoms with Crippen LogP contribution >= 0.6 is 0 Å². The summed E-state index contributed by atoms with van der Waals surface area (Å²) in [5.41, 5.74) is 5.18. The van der Waals surface area contributed by atoms with Crippen molar-refractivity contribution in [1.29, 1.82) is 0 Å². The van der Waals surface area contributed by atoms with Gasteiger partial charge in [0, 0.05) is 219 Å². The minimum absolute atomic E-state index is 0.104. The summed E-state index contributed by atoms with van der Waals surface area (Å²) in [6, 6.07) is 21.5. The second-order valence-corrected chi connectivity index (χ2v) is 38.6. The summed E-state index contributed by atoms with van der Waals surface area (Å²) in [7, 11) is 0.